The first-order valence-electron chi connectivity index (χ1n) is 8.81. The van der Waals surface area contributed by atoms with E-state index in [9.17, 15) is 9.59 Å². The molecule has 3 heterocycles. The Balaban J connectivity index is 1.89. The standard InChI is InChI=1S/C18H26N4O2/c1-13-11-20-15(12-19-13)17(24)21-10-8-18(3)16(21)7-5-4-6-9-22(18)14(2)23/h11-12,16H,4-10H2,1-3H3/t16-,18-/m0/s1. The Morgan fingerprint density at radius 3 is 2.62 bits per heavy atom. The van der Waals surface area contributed by atoms with Gasteiger partial charge >= 0.3 is 0 Å². The predicted octanol–water partition coefficient (Wildman–Crippen LogP) is 2.18. The highest BCUT2D eigenvalue weighted by Crippen LogP contribution is 2.39. The molecule has 0 unspecified atom stereocenters. The van der Waals surface area contributed by atoms with Gasteiger partial charge in [-0.2, -0.15) is 0 Å². The average Bonchev–Trinajstić information content (AvgIpc) is 2.85. The zero-order valence-corrected chi connectivity index (χ0v) is 14.8. The van der Waals surface area contributed by atoms with Crippen LogP contribution in [0.2, 0.25) is 0 Å². The molecule has 0 saturated carbocycles. The Bertz CT molecular complexity index is 630. The molecule has 0 aromatic carbocycles. The maximum absolute atomic E-state index is 13.0. The van der Waals surface area contributed by atoms with Crippen molar-refractivity contribution in [3.63, 3.8) is 0 Å². The lowest BCUT2D eigenvalue weighted by Crippen LogP contribution is -2.58. The van der Waals surface area contributed by atoms with E-state index in [1.165, 1.54) is 0 Å². The van der Waals surface area contributed by atoms with Crippen LogP contribution in [0.1, 0.15) is 62.1 Å². The molecule has 24 heavy (non-hydrogen) atoms. The second kappa shape index (κ2) is 6.49. The monoisotopic (exact) mass is 330 g/mol. The summed E-state index contributed by atoms with van der Waals surface area (Å²) in [5.74, 6) is 0.0362. The Morgan fingerprint density at radius 2 is 1.96 bits per heavy atom. The molecule has 130 valence electrons. The number of fused-ring (bicyclic) bond motifs is 1. The SMILES string of the molecule is CC(=O)N1CCCCC[C@@H]2N(C(=O)c3cnc(C)cn3)CC[C@@]21C. The fourth-order valence-electron chi connectivity index (χ4n) is 4.24. The van der Waals surface area contributed by atoms with E-state index in [2.05, 4.69) is 16.9 Å². The van der Waals surface area contributed by atoms with E-state index < -0.39 is 0 Å². The highest BCUT2D eigenvalue weighted by atomic mass is 16.2. The van der Waals surface area contributed by atoms with Crippen molar-refractivity contribution in [2.45, 2.75) is 64.5 Å². The summed E-state index contributed by atoms with van der Waals surface area (Å²) in [5.41, 5.74) is 0.910. The van der Waals surface area contributed by atoms with Gasteiger partial charge in [-0.3, -0.25) is 14.6 Å². The molecule has 0 N–H and O–H groups in total. The molecule has 0 spiro atoms. The van der Waals surface area contributed by atoms with Crippen molar-refractivity contribution in [3.05, 3.63) is 23.8 Å². The molecule has 1 aromatic rings. The van der Waals surface area contributed by atoms with Crippen LogP contribution in [0, 0.1) is 6.92 Å². The summed E-state index contributed by atoms with van der Waals surface area (Å²) < 4.78 is 0. The summed E-state index contributed by atoms with van der Waals surface area (Å²) in [6.07, 6.45) is 8.17. The van der Waals surface area contributed by atoms with E-state index in [1.54, 1.807) is 19.3 Å². The second-order valence-electron chi connectivity index (χ2n) is 7.18. The van der Waals surface area contributed by atoms with Crippen LogP contribution in [0.3, 0.4) is 0 Å². The molecular formula is C18H26N4O2. The summed E-state index contributed by atoms with van der Waals surface area (Å²) in [6.45, 7) is 7.08. The number of carbonyl (C=O) groups is 2. The first-order chi connectivity index (χ1) is 11.4. The molecule has 0 aliphatic carbocycles. The highest BCUT2D eigenvalue weighted by molar-refractivity contribution is 5.92. The van der Waals surface area contributed by atoms with Crippen molar-refractivity contribution in [2.24, 2.45) is 0 Å². The summed E-state index contributed by atoms with van der Waals surface area (Å²) in [4.78, 5) is 37.5. The van der Waals surface area contributed by atoms with Gasteiger partial charge in [-0.25, -0.2) is 4.98 Å². The Labute approximate surface area is 143 Å². The van der Waals surface area contributed by atoms with Crippen LogP contribution in [0.15, 0.2) is 12.4 Å². The normalized spacial score (nSPS) is 27.4. The molecular weight excluding hydrogens is 304 g/mol. The molecule has 6 heteroatoms. The summed E-state index contributed by atoms with van der Waals surface area (Å²) in [5, 5.41) is 0. The summed E-state index contributed by atoms with van der Waals surface area (Å²) >= 11 is 0. The lowest BCUT2D eigenvalue weighted by Gasteiger charge is -2.45. The van der Waals surface area contributed by atoms with Crippen LogP contribution in [0.25, 0.3) is 0 Å². The molecule has 6 nitrogen and oxygen atoms in total. The molecule has 3 rings (SSSR count). The minimum atomic E-state index is -0.278. The average molecular weight is 330 g/mol. The van der Waals surface area contributed by atoms with E-state index in [1.807, 2.05) is 16.7 Å². The maximum Gasteiger partial charge on any atom is 0.274 e. The zero-order valence-electron chi connectivity index (χ0n) is 14.8. The first kappa shape index (κ1) is 16.9. The minimum Gasteiger partial charge on any atom is -0.335 e. The van der Waals surface area contributed by atoms with Crippen molar-refractivity contribution in [1.82, 2.24) is 19.8 Å². The quantitative estimate of drug-likeness (QED) is 0.791. The van der Waals surface area contributed by atoms with Crippen LogP contribution in [-0.4, -0.2) is 56.3 Å². The van der Waals surface area contributed by atoms with Gasteiger partial charge in [-0.15, -0.1) is 0 Å². The molecule has 1 aromatic heterocycles. The number of aryl methyl sites for hydroxylation is 1. The second-order valence-corrected chi connectivity index (χ2v) is 7.18. The molecule has 2 saturated heterocycles. The smallest absolute Gasteiger partial charge is 0.274 e. The number of nitrogens with zero attached hydrogens (tertiary/aromatic N) is 4. The molecule has 2 amide bonds. The van der Waals surface area contributed by atoms with E-state index in [4.69, 9.17) is 0 Å². The third-order valence-electron chi connectivity index (χ3n) is 5.57. The van der Waals surface area contributed by atoms with Crippen molar-refractivity contribution in [2.75, 3.05) is 13.1 Å². The lowest BCUT2D eigenvalue weighted by molar-refractivity contribution is -0.136. The molecule has 2 aliphatic heterocycles. The number of rotatable bonds is 1. The van der Waals surface area contributed by atoms with Gasteiger partial charge in [-0.1, -0.05) is 12.8 Å². The minimum absolute atomic E-state index is 0.0531. The number of carbonyl (C=O) groups excluding carboxylic acids is 2. The topological polar surface area (TPSA) is 66.4 Å². The van der Waals surface area contributed by atoms with Crippen molar-refractivity contribution < 1.29 is 9.59 Å². The van der Waals surface area contributed by atoms with E-state index in [-0.39, 0.29) is 23.4 Å². The van der Waals surface area contributed by atoms with Gasteiger partial charge in [0.15, 0.2) is 0 Å². The molecule has 2 aliphatic rings. The van der Waals surface area contributed by atoms with Crippen molar-refractivity contribution in [1.29, 1.82) is 0 Å². The van der Waals surface area contributed by atoms with E-state index >= 15 is 0 Å². The van der Waals surface area contributed by atoms with E-state index in [0.29, 0.717) is 12.2 Å². The maximum atomic E-state index is 13.0. The fourth-order valence-corrected chi connectivity index (χ4v) is 4.24. The zero-order chi connectivity index (χ0) is 17.3. The predicted molar refractivity (Wildman–Crippen MR) is 90.5 cm³/mol. The number of hydrogen-bond donors (Lipinski definition) is 0. The van der Waals surface area contributed by atoms with Gasteiger partial charge in [-0.05, 0) is 33.1 Å². The number of aromatic nitrogens is 2. The fraction of sp³-hybridized carbons (Fsp3) is 0.667. The van der Waals surface area contributed by atoms with E-state index in [0.717, 1.165) is 44.3 Å². The van der Waals surface area contributed by atoms with Crippen LogP contribution in [0.4, 0.5) is 0 Å². The molecule has 2 atom stereocenters. The number of hydrogen-bond acceptors (Lipinski definition) is 4. The van der Waals surface area contributed by atoms with Crippen molar-refractivity contribution >= 4 is 11.8 Å². The Kier molecular flexibility index (Phi) is 4.56. The van der Waals surface area contributed by atoms with Gasteiger partial charge in [0.1, 0.15) is 5.69 Å². The highest BCUT2D eigenvalue weighted by Gasteiger charge is 2.50. The summed E-state index contributed by atoms with van der Waals surface area (Å²) in [6, 6.07) is 0.0531. The molecule has 0 bridgehead atoms. The van der Waals surface area contributed by atoms with Gasteiger partial charge in [0, 0.05) is 26.2 Å². The number of likely N-dealkylation sites (tertiary alicyclic amines) is 2. The van der Waals surface area contributed by atoms with Gasteiger partial charge in [0.25, 0.3) is 5.91 Å². The largest absolute Gasteiger partial charge is 0.335 e. The Hall–Kier alpha value is -1.98. The Morgan fingerprint density at radius 1 is 1.17 bits per heavy atom. The van der Waals surface area contributed by atoms with Crippen molar-refractivity contribution in [3.8, 4) is 0 Å². The van der Waals surface area contributed by atoms with Gasteiger partial charge in [0.05, 0.1) is 23.5 Å². The van der Waals surface area contributed by atoms with Crippen LogP contribution >= 0.6 is 0 Å². The number of amides is 2. The van der Waals surface area contributed by atoms with Crippen LogP contribution < -0.4 is 0 Å². The third-order valence-corrected chi connectivity index (χ3v) is 5.57. The van der Waals surface area contributed by atoms with Crippen LogP contribution in [-0.2, 0) is 4.79 Å². The summed E-state index contributed by atoms with van der Waals surface area (Å²) in [7, 11) is 0. The van der Waals surface area contributed by atoms with Gasteiger partial charge in [0.2, 0.25) is 5.91 Å². The lowest BCUT2D eigenvalue weighted by atomic mass is 9.84. The third kappa shape index (κ3) is 2.89. The van der Waals surface area contributed by atoms with Crippen LogP contribution in [0.5, 0.6) is 0 Å². The molecule has 0 radical (unpaired) electrons. The van der Waals surface area contributed by atoms with Gasteiger partial charge < -0.3 is 9.80 Å². The first-order valence-corrected chi connectivity index (χ1v) is 8.81. The molecule has 2 fully saturated rings.